The summed E-state index contributed by atoms with van der Waals surface area (Å²) >= 11 is 0. The van der Waals surface area contributed by atoms with Gasteiger partial charge in [-0.1, -0.05) is 60.7 Å². The van der Waals surface area contributed by atoms with E-state index in [1.54, 1.807) is 0 Å². The smallest absolute Gasteiger partial charge is 0.00189 e. The molecule has 0 amide bonds. The molecule has 0 saturated carbocycles. The standard InChI is InChI=1S/C18H23N/c1-19(2)14-13-18(17-11-7-4-8-12-17)15-16-9-5-3-6-10-16/h3-12,18H,13-15H2,1-2H3. The highest BCUT2D eigenvalue weighted by atomic mass is 15.0. The van der Waals surface area contributed by atoms with Gasteiger partial charge in [-0.3, -0.25) is 0 Å². The second kappa shape index (κ2) is 7.10. The van der Waals surface area contributed by atoms with Crippen molar-refractivity contribution in [2.45, 2.75) is 18.8 Å². The summed E-state index contributed by atoms with van der Waals surface area (Å²) in [5.74, 6) is 0.603. The summed E-state index contributed by atoms with van der Waals surface area (Å²) in [7, 11) is 4.29. The van der Waals surface area contributed by atoms with E-state index >= 15 is 0 Å². The van der Waals surface area contributed by atoms with Gasteiger partial charge >= 0.3 is 0 Å². The predicted octanol–water partition coefficient (Wildman–Crippen LogP) is 3.96. The Morgan fingerprint density at radius 3 is 2.00 bits per heavy atom. The van der Waals surface area contributed by atoms with Gasteiger partial charge in [-0.2, -0.15) is 0 Å². The number of nitrogens with zero attached hydrogens (tertiary/aromatic N) is 1. The fourth-order valence-corrected chi connectivity index (χ4v) is 2.42. The largest absolute Gasteiger partial charge is 0.309 e. The first-order chi connectivity index (χ1) is 9.25. The normalized spacial score (nSPS) is 12.6. The SMILES string of the molecule is CN(C)CCC(Cc1ccccc1)c1ccccc1. The van der Waals surface area contributed by atoms with Gasteiger partial charge in [-0.15, -0.1) is 0 Å². The van der Waals surface area contributed by atoms with Gasteiger partial charge in [0.2, 0.25) is 0 Å². The van der Waals surface area contributed by atoms with Crippen molar-refractivity contribution in [1.82, 2.24) is 4.90 Å². The van der Waals surface area contributed by atoms with Crippen LogP contribution in [0, 0.1) is 0 Å². The van der Waals surface area contributed by atoms with Crippen molar-refractivity contribution in [2.24, 2.45) is 0 Å². The van der Waals surface area contributed by atoms with E-state index in [9.17, 15) is 0 Å². The van der Waals surface area contributed by atoms with Gasteiger partial charge in [0.1, 0.15) is 0 Å². The van der Waals surface area contributed by atoms with E-state index < -0.39 is 0 Å². The monoisotopic (exact) mass is 253 g/mol. The average Bonchev–Trinajstić information content (AvgIpc) is 2.45. The third-order valence-corrected chi connectivity index (χ3v) is 3.52. The lowest BCUT2D eigenvalue weighted by molar-refractivity contribution is 0.380. The van der Waals surface area contributed by atoms with E-state index in [2.05, 4.69) is 79.7 Å². The highest BCUT2D eigenvalue weighted by Gasteiger charge is 2.12. The topological polar surface area (TPSA) is 3.24 Å². The number of hydrogen-bond donors (Lipinski definition) is 0. The number of rotatable bonds is 6. The predicted molar refractivity (Wildman–Crippen MR) is 82.5 cm³/mol. The molecule has 0 aliphatic carbocycles. The summed E-state index contributed by atoms with van der Waals surface area (Å²) in [5.41, 5.74) is 2.88. The number of hydrogen-bond acceptors (Lipinski definition) is 1. The molecule has 0 N–H and O–H groups in total. The van der Waals surface area contributed by atoms with Gasteiger partial charge in [-0.25, -0.2) is 0 Å². The third-order valence-electron chi connectivity index (χ3n) is 3.52. The van der Waals surface area contributed by atoms with E-state index in [-0.39, 0.29) is 0 Å². The molecule has 1 heteroatoms. The Morgan fingerprint density at radius 2 is 1.42 bits per heavy atom. The molecule has 0 fully saturated rings. The molecule has 19 heavy (non-hydrogen) atoms. The highest BCUT2D eigenvalue weighted by Crippen LogP contribution is 2.24. The zero-order valence-corrected chi connectivity index (χ0v) is 11.9. The summed E-state index contributed by atoms with van der Waals surface area (Å²) in [6.07, 6.45) is 2.32. The second-order valence-corrected chi connectivity index (χ2v) is 5.39. The zero-order chi connectivity index (χ0) is 13.5. The summed E-state index contributed by atoms with van der Waals surface area (Å²) in [4.78, 5) is 2.26. The van der Waals surface area contributed by atoms with Crippen LogP contribution in [0.4, 0.5) is 0 Å². The van der Waals surface area contributed by atoms with Crippen LogP contribution in [0.1, 0.15) is 23.5 Å². The first kappa shape index (κ1) is 13.8. The lowest BCUT2D eigenvalue weighted by atomic mass is 9.89. The van der Waals surface area contributed by atoms with Crippen LogP contribution in [0.15, 0.2) is 60.7 Å². The van der Waals surface area contributed by atoms with E-state index in [4.69, 9.17) is 0 Å². The van der Waals surface area contributed by atoms with Crippen molar-refractivity contribution in [3.8, 4) is 0 Å². The molecule has 0 saturated heterocycles. The van der Waals surface area contributed by atoms with Crippen LogP contribution >= 0.6 is 0 Å². The molecular weight excluding hydrogens is 230 g/mol. The van der Waals surface area contributed by atoms with Crippen LogP contribution in [0.25, 0.3) is 0 Å². The van der Waals surface area contributed by atoms with Gasteiger partial charge in [-0.05, 0) is 50.5 Å². The van der Waals surface area contributed by atoms with Crippen molar-refractivity contribution in [3.05, 3.63) is 71.8 Å². The second-order valence-electron chi connectivity index (χ2n) is 5.39. The van der Waals surface area contributed by atoms with Crippen LogP contribution in [0.3, 0.4) is 0 Å². The minimum absolute atomic E-state index is 0.603. The van der Waals surface area contributed by atoms with E-state index in [0.717, 1.165) is 13.0 Å². The van der Waals surface area contributed by atoms with Gasteiger partial charge in [0, 0.05) is 0 Å². The van der Waals surface area contributed by atoms with E-state index in [1.807, 2.05) is 0 Å². The molecule has 0 aliphatic rings. The molecule has 1 unspecified atom stereocenters. The van der Waals surface area contributed by atoms with Crippen LogP contribution in [0.2, 0.25) is 0 Å². The van der Waals surface area contributed by atoms with Crippen LogP contribution in [-0.4, -0.2) is 25.5 Å². The molecule has 1 atom stereocenters. The molecule has 0 heterocycles. The highest BCUT2D eigenvalue weighted by molar-refractivity contribution is 5.24. The Labute approximate surface area is 116 Å². The lowest BCUT2D eigenvalue weighted by Crippen LogP contribution is -2.17. The fraction of sp³-hybridized carbons (Fsp3) is 0.333. The van der Waals surface area contributed by atoms with Crippen LogP contribution in [-0.2, 0) is 6.42 Å². The number of benzene rings is 2. The molecule has 2 aromatic rings. The molecule has 0 aromatic heterocycles. The minimum Gasteiger partial charge on any atom is -0.309 e. The molecule has 2 aromatic carbocycles. The van der Waals surface area contributed by atoms with Gasteiger partial charge < -0.3 is 4.90 Å². The van der Waals surface area contributed by atoms with Crippen molar-refractivity contribution < 1.29 is 0 Å². The fourth-order valence-electron chi connectivity index (χ4n) is 2.42. The van der Waals surface area contributed by atoms with E-state index in [0.29, 0.717) is 5.92 Å². The summed E-state index contributed by atoms with van der Waals surface area (Å²) < 4.78 is 0. The average molecular weight is 253 g/mol. The molecular formula is C18H23N. The maximum absolute atomic E-state index is 2.26. The molecule has 0 aliphatic heterocycles. The summed E-state index contributed by atoms with van der Waals surface area (Å²) in [6.45, 7) is 1.13. The Kier molecular flexibility index (Phi) is 5.17. The molecule has 0 spiro atoms. The maximum Gasteiger partial charge on any atom is -0.00189 e. The first-order valence-electron chi connectivity index (χ1n) is 6.99. The van der Waals surface area contributed by atoms with Crippen molar-refractivity contribution in [2.75, 3.05) is 20.6 Å². The maximum atomic E-state index is 2.26. The first-order valence-corrected chi connectivity index (χ1v) is 6.99. The van der Waals surface area contributed by atoms with Gasteiger partial charge in [0.05, 0.1) is 0 Å². The Balaban J connectivity index is 2.10. The third kappa shape index (κ3) is 4.53. The van der Waals surface area contributed by atoms with Crippen LogP contribution < -0.4 is 0 Å². The summed E-state index contributed by atoms with van der Waals surface area (Å²) in [6, 6.07) is 21.7. The lowest BCUT2D eigenvalue weighted by Gasteiger charge is -2.20. The van der Waals surface area contributed by atoms with Gasteiger partial charge in [0.15, 0.2) is 0 Å². The van der Waals surface area contributed by atoms with Gasteiger partial charge in [0.25, 0.3) is 0 Å². The Morgan fingerprint density at radius 1 is 0.842 bits per heavy atom. The van der Waals surface area contributed by atoms with Crippen molar-refractivity contribution in [3.63, 3.8) is 0 Å². The molecule has 0 bridgehead atoms. The van der Waals surface area contributed by atoms with Crippen molar-refractivity contribution >= 4 is 0 Å². The molecule has 100 valence electrons. The van der Waals surface area contributed by atoms with Crippen LogP contribution in [0.5, 0.6) is 0 Å². The van der Waals surface area contributed by atoms with E-state index in [1.165, 1.54) is 17.5 Å². The quantitative estimate of drug-likeness (QED) is 0.753. The zero-order valence-electron chi connectivity index (χ0n) is 11.9. The Bertz CT molecular complexity index is 462. The minimum atomic E-state index is 0.603. The molecule has 2 rings (SSSR count). The Hall–Kier alpha value is -1.60. The van der Waals surface area contributed by atoms with Crippen molar-refractivity contribution in [1.29, 1.82) is 0 Å². The molecule has 0 radical (unpaired) electrons. The summed E-state index contributed by atoms with van der Waals surface area (Å²) in [5, 5.41) is 0. The molecule has 1 nitrogen and oxygen atoms in total.